The molecule has 1 N–H and O–H groups in total. The van der Waals surface area contributed by atoms with Gasteiger partial charge in [-0.1, -0.05) is 30.3 Å². The predicted octanol–water partition coefficient (Wildman–Crippen LogP) is 2.52. The molecule has 1 fully saturated rings. The van der Waals surface area contributed by atoms with E-state index in [1.165, 1.54) is 6.26 Å². The maximum atomic E-state index is 11.8. The molecule has 0 bridgehead atoms. The van der Waals surface area contributed by atoms with Crippen LogP contribution in [0.25, 0.3) is 0 Å². The molecule has 5 nitrogen and oxygen atoms in total. The van der Waals surface area contributed by atoms with Gasteiger partial charge in [0, 0.05) is 12.3 Å². The van der Waals surface area contributed by atoms with Crippen LogP contribution in [0.3, 0.4) is 0 Å². The molecule has 1 saturated carbocycles. The lowest BCUT2D eigenvalue weighted by atomic mass is 9.87. The summed E-state index contributed by atoms with van der Waals surface area (Å²) in [5.41, 5.74) is 0.953. The Balaban J connectivity index is 1.68. The molecule has 22 heavy (non-hydrogen) atoms. The molecule has 122 valence electrons. The number of sulfone groups is 1. The highest BCUT2D eigenvalue weighted by molar-refractivity contribution is 7.90. The van der Waals surface area contributed by atoms with Crippen molar-refractivity contribution in [2.24, 2.45) is 5.92 Å². The number of ether oxygens (including phenoxy) is 1. The topological polar surface area (TPSA) is 72.5 Å². The van der Waals surface area contributed by atoms with Crippen LogP contribution in [0.4, 0.5) is 4.79 Å². The third-order valence-electron chi connectivity index (χ3n) is 3.92. The summed E-state index contributed by atoms with van der Waals surface area (Å²) in [6.07, 6.45) is 4.14. The summed E-state index contributed by atoms with van der Waals surface area (Å²) >= 11 is 0. The quantitative estimate of drug-likeness (QED) is 0.903. The minimum Gasteiger partial charge on any atom is -0.445 e. The number of amides is 1. The summed E-state index contributed by atoms with van der Waals surface area (Å²) in [7, 11) is -2.92. The zero-order chi connectivity index (χ0) is 16.0. The molecule has 0 heterocycles. The first kappa shape index (κ1) is 16.8. The zero-order valence-electron chi connectivity index (χ0n) is 12.8. The Bertz CT molecular complexity index is 577. The lowest BCUT2D eigenvalue weighted by molar-refractivity contribution is 0.131. The Morgan fingerprint density at radius 2 is 1.82 bits per heavy atom. The second kappa shape index (κ2) is 7.63. The average molecular weight is 325 g/mol. The van der Waals surface area contributed by atoms with Gasteiger partial charge in [0.25, 0.3) is 0 Å². The predicted molar refractivity (Wildman–Crippen MR) is 85.2 cm³/mol. The Morgan fingerprint density at radius 3 is 2.41 bits per heavy atom. The maximum absolute atomic E-state index is 11.8. The number of alkyl carbamates (subject to hydrolysis) is 1. The van der Waals surface area contributed by atoms with Crippen molar-refractivity contribution in [1.29, 1.82) is 0 Å². The molecule has 1 aromatic carbocycles. The molecule has 0 unspecified atom stereocenters. The van der Waals surface area contributed by atoms with Crippen molar-refractivity contribution in [3.63, 3.8) is 0 Å². The fourth-order valence-corrected chi connectivity index (χ4v) is 4.02. The lowest BCUT2D eigenvalue weighted by Gasteiger charge is -2.28. The van der Waals surface area contributed by atoms with E-state index >= 15 is 0 Å². The van der Waals surface area contributed by atoms with Gasteiger partial charge in [-0.05, 0) is 37.2 Å². The van der Waals surface area contributed by atoms with Crippen molar-refractivity contribution in [2.75, 3.05) is 12.0 Å². The van der Waals surface area contributed by atoms with E-state index in [0.29, 0.717) is 0 Å². The van der Waals surface area contributed by atoms with Gasteiger partial charge in [0.1, 0.15) is 16.4 Å². The van der Waals surface area contributed by atoms with E-state index in [4.69, 9.17) is 4.74 Å². The fourth-order valence-electron chi connectivity index (χ4n) is 2.83. The van der Waals surface area contributed by atoms with E-state index in [2.05, 4.69) is 5.32 Å². The first-order valence-electron chi connectivity index (χ1n) is 7.57. The van der Waals surface area contributed by atoms with Gasteiger partial charge in [0.2, 0.25) is 0 Å². The van der Waals surface area contributed by atoms with Gasteiger partial charge >= 0.3 is 6.09 Å². The fraction of sp³-hybridized carbons (Fsp3) is 0.562. The molecule has 0 radical (unpaired) electrons. The van der Waals surface area contributed by atoms with Crippen LogP contribution in [0.1, 0.15) is 31.2 Å². The van der Waals surface area contributed by atoms with Gasteiger partial charge in [0.05, 0.1) is 5.75 Å². The molecule has 1 aromatic rings. The monoisotopic (exact) mass is 325 g/mol. The highest BCUT2D eigenvalue weighted by atomic mass is 32.2. The molecule has 1 amide bonds. The molecular weight excluding hydrogens is 302 g/mol. The molecule has 2 rings (SSSR count). The van der Waals surface area contributed by atoms with Crippen molar-refractivity contribution < 1.29 is 17.9 Å². The number of carbonyl (C=O) groups excluding carboxylic acids is 1. The smallest absolute Gasteiger partial charge is 0.407 e. The van der Waals surface area contributed by atoms with Crippen molar-refractivity contribution in [3.8, 4) is 0 Å². The third-order valence-corrected chi connectivity index (χ3v) is 5.00. The van der Waals surface area contributed by atoms with Crippen LogP contribution < -0.4 is 5.32 Å². The van der Waals surface area contributed by atoms with Crippen LogP contribution in [0.2, 0.25) is 0 Å². The number of nitrogens with one attached hydrogen (secondary N) is 1. The SMILES string of the molecule is CS(=O)(=O)CC1CCC(NC(=O)OCc2ccccc2)CC1. The highest BCUT2D eigenvalue weighted by Gasteiger charge is 2.25. The normalized spacial score (nSPS) is 22.0. The van der Waals surface area contributed by atoms with E-state index in [-0.39, 0.29) is 24.3 Å². The zero-order valence-corrected chi connectivity index (χ0v) is 13.6. The lowest BCUT2D eigenvalue weighted by Crippen LogP contribution is -2.38. The first-order chi connectivity index (χ1) is 10.4. The molecule has 6 heteroatoms. The number of carbonyl (C=O) groups is 1. The highest BCUT2D eigenvalue weighted by Crippen LogP contribution is 2.25. The van der Waals surface area contributed by atoms with Crippen molar-refractivity contribution >= 4 is 15.9 Å². The maximum Gasteiger partial charge on any atom is 0.407 e. The van der Waals surface area contributed by atoms with Crippen molar-refractivity contribution in [2.45, 2.75) is 38.3 Å². The molecule has 0 aromatic heterocycles. The molecule has 0 atom stereocenters. The Hall–Kier alpha value is -1.56. The standard InChI is InChI=1S/C16H23NO4S/c1-22(19,20)12-14-7-9-15(10-8-14)17-16(18)21-11-13-5-3-2-4-6-13/h2-6,14-15H,7-12H2,1H3,(H,17,18). The second-order valence-electron chi connectivity index (χ2n) is 6.02. The molecule has 0 spiro atoms. The molecule has 0 aliphatic heterocycles. The summed E-state index contributed by atoms with van der Waals surface area (Å²) < 4.78 is 27.8. The van der Waals surface area contributed by atoms with Crippen LogP contribution in [-0.2, 0) is 21.2 Å². The number of hydrogen-bond acceptors (Lipinski definition) is 4. The van der Waals surface area contributed by atoms with E-state index in [1.807, 2.05) is 30.3 Å². The average Bonchev–Trinajstić information content (AvgIpc) is 2.47. The van der Waals surface area contributed by atoms with Gasteiger partial charge in [0.15, 0.2) is 0 Å². The summed E-state index contributed by atoms with van der Waals surface area (Å²) in [5.74, 6) is 0.464. The Morgan fingerprint density at radius 1 is 1.18 bits per heavy atom. The molecular formula is C16H23NO4S. The minimum atomic E-state index is -2.92. The van der Waals surface area contributed by atoms with Crippen molar-refractivity contribution in [3.05, 3.63) is 35.9 Å². The molecule has 1 aliphatic carbocycles. The minimum absolute atomic E-state index is 0.0825. The summed E-state index contributed by atoms with van der Waals surface area (Å²) in [5, 5.41) is 2.86. The van der Waals surface area contributed by atoms with Gasteiger partial charge < -0.3 is 10.1 Å². The van der Waals surface area contributed by atoms with Gasteiger partial charge in [-0.25, -0.2) is 13.2 Å². The third kappa shape index (κ3) is 6.05. The molecule has 0 saturated heterocycles. The Labute approximate surface area is 132 Å². The van der Waals surface area contributed by atoms with E-state index in [9.17, 15) is 13.2 Å². The number of hydrogen-bond donors (Lipinski definition) is 1. The Kier molecular flexibility index (Phi) is 5.83. The van der Waals surface area contributed by atoms with E-state index in [0.717, 1.165) is 31.2 Å². The van der Waals surface area contributed by atoms with Crippen molar-refractivity contribution in [1.82, 2.24) is 5.32 Å². The summed E-state index contributed by atoms with van der Waals surface area (Å²) in [6.45, 7) is 0.260. The van der Waals surface area contributed by atoms with Gasteiger partial charge in [-0.15, -0.1) is 0 Å². The second-order valence-corrected chi connectivity index (χ2v) is 8.20. The van der Waals surface area contributed by atoms with Crippen LogP contribution in [0.5, 0.6) is 0 Å². The van der Waals surface area contributed by atoms with E-state index in [1.54, 1.807) is 0 Å². The van der Waals surface area contributed by atoms with Gasteiger partial charge in [-0.3, -0.25) is 0 Å². The van der Waals surface area contributed by atoms with Crippen LogP contribution >= 0.6 is 0 Å². The van der Waals surface area contributed by atoms with Crippen LogP contribution in [0, 0.1) is 5.92 Å². The van der Waals surface area contributed by atoms with E-state index < -0.39 is 15.9 Å². The van der Waals surface area contributed by atoms with Gasteiger partial charge in [-0.2, -0.15) is 0 Å². The number of rotatable bonds is 5. The first-order valence-corrected chi connectivity index (χ1v) is 9.63. The summed E-state index contributed by atoms with van der Waals surface area (Å²) in [4.78, 5) is 11.8. The summed E-state index contributed by atoms with van der Waals surface area (Å²) in [6, 6.07) is 9.62. The number of benzene rings is 1. The largest absolute Gasteiger partial charge is 0.445 e. The molecule has 1 aliphatic rings. The van der Waals surface area contributed by atoms with Crippen LogP contribution in [0.15, 0.2) is 30.3 Å². The van der Waals surface area contributed by atoms with Crippen LogP contribution in [-0.4, -0.2) is 32.6 Å².